The minimum atomic E-state index is -4.86. The van der Waals surface area contributed by atoms with E-state index in [1.54, 1.807) is 0 Å². The first-order valence-corrected chi connectivity index (χ1v) is 19.0. The predicted octanol–water partition coefficient (Wildman–Crippen LogP) is 9.46. The molecule has 3 fully saturated rings. The van der Waals surface area contributed by atoms with Gasteiger partial charge >= 0.3 is 15.6 Å². The van der Waals surface area contributed by atoms with Crippen LogP contribution in [0.25, 0.3) is 0 Å². The van der Waals surface area contributed by atoms with Crippen LogP contribution in [0.4, 0.5) is 13.2 Å². The topological polar surface area (TPSA) is 97.7 Å². The van der Waals surface area contributed by atoms with Crippen molar-refractivity contribution >= 4 is 32.0 Å². The number of hydrogen-bond acceptors (Lipinski definition) is 6. The second kappa shape index (κ2) is 13.3. The van der Waals surface area contributed by atoms with Crippen LogP contribution in [0.5, 0.6) is 5.75 Å². The lowest BCUT2D eigenvalue weighted by Gasteiger charge is -2.32. The summed E-state index contributed by atoms with van der Waals surface area (Å²) in [4.78, 5) is -1.47. The molecule has 0 heterocycles. The van der Waals surface area contributed by atoms with E-state index in [2.05, 4.69) is 0 Å². The Morgan fingerprint density at radius 3 is 1.60 bits per heavy atom. The molecule has 3 aliphatic rings. The number of hydrogen-bond donors (Lipinski definition) is 1. The largest absolute Gasteiger partial charge is 0.446 e. The van der Waals surface area contributed by atoms with E-state index < -0.39 is 53.0 Å². The zero-order valence-corrected chi connectivity index (χ0v) is 26.5. The number of benzene rings is 2. The first-order valence-electron chi connectivity index (χ1n) is 15.3. The lowest BCUT2D eigenvalue weighted by atomic mass is 9.76. The van der Waals surface area contributed by atoms with E-state index >= 15 is 0 Å². The Kier molecular flexibility index (Phi) is 10.1. The van der Waals surface area contributed by atoms with E-state index in [1.807, 2.05) is 12.1 Å². The van der Waals surface area contributed by atoms with Crippen LogP contribution in [-0.2, 0) is 20.2 Å². The van der Waals surface area contributed by atoms with Crippen LogP contribution in [-0.4, -0.2) is 26.9 Å². The molecule has 0 amide bonds. The minimum Gasteiger partial charge on any atom is -0.378 e. The molecule has 238 valence electrons. The van der Waals surface area contributed by atoms with Crippen molar-refractivity contribution in [1.29, 1.82) is 0 Å². The molecule has 0 aliphatic heterocycles. The Morgan fingerprint density at radius 2 is 1.16 bits per heavy atom. The predicted molar refractivity (Wildman–Crippen MR) is 160 cm³/mol. The van der Waals surface area contributed by atoms with E-state index in [4.69, 9.17) is 4.18 Å². The van der Waals surface area contributed by atoms with Crippen molar-refractivity contribution in [2.75, 3.05) is 0 Å². The van der Waals surface area contributed by atoms with Gasteiger partial charge in [0.25, 0.3) is 10.1 Å². The third-order valence-electron chi connectivity index (χ3n) is 9.22. The fourth-order valence-corrected chi connectivity index (χ4v) is 9.95. The fraction of sp³-hybridized carbons (Fsp3) is 0.613. The van der Waals surface area contributed by atoms with Gasteiger partial charge in [-0.15, -0.1) is 0 Å². The summed E-state index contributed by atoms with van der Waals surface area (Å²) in [6.07, 6.45) is 14.9. The van der Waals surface area contributed by atoms with Crippen molar-refractivity contribution in [2.45, 2.75) is 134 Å². The standard InChI is InChI=1S/C31H39F3O6S3/c32-31(33,34)41-29-20-25(42(35,36)37)16-17-28(29)40-43(38,39)30-26(22-12-6-2-7-13-22)18-24(21-10-4-1-5-11-21)19-27(30)23-14-8-3-9-15-23/h16-23H,1-15H2,(H,35,36,37). The highest BCUT2D eigenvalue weighted by Gasteiger charge is 2.37. The summed E-state index contributed by atoms with van der Waals surface area (Å²) in [6, 6.07) is 6.39. The number of halogens is 3. The molecule has 12 heteroatoms. The zero-order chi connectivity index (χ0) is 30.8. The second-order valence-corrected chi connectivity index (χ2v) is 16.2. The van der Waals surface area contributed by atoms with Crippen LogP contribution in [0.3, 0.4) is 0 Å². The van der Waals surface area contributed by atoms with Crippen molar-refractivity contribution in [3.05, 3.63) is 47.0 Å². The lowest BCUT2D eigenvalue weighted by molar-refractivity contribution is -0.0328. The van der Waals surface area contributed by atoms with Crippen molar-refractivity contribution in [1.82, 2.24) is 0 Å². The van der Waals surface area contributed by atoms with Crippen LogP contribution in [0.1, 0.15) is 131 Å². The third kappa shape index (κ3) is 8.10. The normalized spacial score (nSPS) is 20.3. The SMILES string of the molecule is O=S(=O)(O)c1ccc(OS(=O)(=O)c2c(C3CCCCC3)cc(C3CCCCC3)cc2C2CCCCC2)c(SC(F)(F)F)c1. The number of thioether (sulfide) groups is 1. The fourth-order valence-electron chi connectivity index (χ4n) is 7.17. The third-order valence-corrected chi connectivity index (χ3v) is 12.2. The van der Waals surface area contributed by atoms with Gasteiger partial charge in [-0.25, -0.2) is 0 Å². The summed E-state index contributed by atoms with van der Waals surface area (Å²) in [6.45, 7) is 0. The molecule has 0 aromatic heterocycles. The van der Waals surface area contributed by atoms with Crippen LogP contribution < -0.4 is 4.18 Å². The van der Waals surface area contributed by atoms with Crippen molar-refractivity contribution in [3.8, 4) is 5.75 Å². The van der Waals surface area contributed by atoms with Gasteiger partial charge in [-0.2, -0.15) is 30.0 Å². The van der Waals surface area contributed by atoms with Crippen molar-refractivity contribution in [2.24, 2.45) is 0 Å². The lowest BCUT2D eigenvalue weighted by Crippen LogP contribution is -2.21. The monoisotopic (exact) mass is 660 g/mol. The smallest absolute Gasteiger partial charge is 0.378 e. The van der Waals surface area contributed by atoms with Gasteiger partial charge in [0, 0.05) is 0 Å². The second-order valence-electron chi connectivity index (χ2n) is 12.2. The first-order chi connectivity index (χ1) is 20.3. The summed E-state index contributed by atoms with van der Waals surface area (Å²) in [5.74, 6) is -0.285. The molecular formula is C31H39F3O6S3. The van der Waals surface area contributed by atoms with E-state index in [0.717, 1.165) is 108 Å². The van der Waals surface area contributed by atoms with Gasteiger partial charge < -0.3 is 4.18 Å². The molecular weight excluding hydrogens is 622 g/mol. The van der Waals surface area contributed by atoms with Gasteiger partial charge in [0.1, 0.15) is 4.90 Å². The summed E-state index contributed by atoms with van der Waals surface area (Å²) in [5, 5.41) is 0. The summed E-state index contributed by atoms with van der Waals surface area (Å²) in [7, 11) is -9.48. The number of alkyl halides is 3. The quantitative estimate of drug-likeness (QED) is 0.171. The van der Waals surface area contributed by atoms with Gasteiger partial charge in [0.05, 0.1) is 9.79 Å². The summed E-state index contributed by atoms with van der Waals surface area (Å²) in [5.41, 5.74) is -2.28. The molecule has 0 spiro atoms. The molecule has 6 nitrogen and oxygen atoms in total. The number of rotatable bonds is 8. The Labute approximate surface area is 257 Å². The van der Waals surface area contributed by atoms with E-state index in [9.17, 15) is 34.6 Å². The van der Waals surface area contributed by atoms with Crippen LogP contribution in [0, 0.1) is 0 Å². The van der Waals surface area contributed by atoms with Crippen LogP contribution >= 0.6 is 11.8 Å². The minimum absolute atomic E-state index is 0.000987. The molecule has 0 atom stereocenters. The average molecular weight is 661 g/mol. The molecule has 3 saturated carbocycles. The average Bonchev–Trinajstić information content (AvgIpc) is 2.97. The first kappa shape index (κ1) is 32.6. The highest BCUT2D eigenvalue weighted by atomic mass is 32.2. The van der Waals surface area contributed by atoms with Crippen LogP contribution in [0.15, 0.2) is 45.0 Å². The Balaban J connectivity index is 1.66. The van der Waals surface area contributed by atoms with Gasteiger partial charge in [-0.1, -0.05) is 69.9 Å². The molecule has 5 rings (SSSR count). The zero-order valence-electron chi connectivity index (χ0n) is 24.1. The van der Waals surface area contributed by atoms with E-state index in [-0.39, 0.29) is 16.7 Å². The van der Waals surface area contributed by atoms with Gasteiger partial charge in [0.15, 0.2) is 5.75 Å². The van der Waals surface area contributed by atoms with Crippen molar-refractivity contribution in [3.63, 3.8) is 0 Å². The highest BCUT2D eigenvalue weighted by molar-refractivity contribution is 8.00. The van der Waals surface area contributed by atoms with Crippen molar-refractivity contribution < 1.29 is 38.7 Å². The Bertz CT molecular complexity index is 1460. The summed E-state index contributed by atoms with van der Waals surface area (Å²) >= 11 is -0.686. The molecule has 3 aliphatic carbocycles. The molecule has 0 bridgehead atoms. The van der Waals surface area contributed by atoms with Gasteiger partial charge in [-0.3, -0.25) is 4.55 Å². The van der Waals surface area contributed by atoms with Gasteiger partial charge in [-0.05, 0) is 103 Å². The van der Waals surface area contributed by atoms with Crippen LogP contribution in [0.2, 0.25) is 0 Å². The van der Waals surface area contributed by atoms with Gasteiger partial charge in [0.2, 0.25) is 0 Å². The molecule has 0 radical (unpaired) electrons. The maximum absolute atomic E-state index is 14.3. The molecule has 2 aromatic rings. The highest BCUT2D eigenvalue weighted by Crippen LogP contribution is 2.48. The van der Waals surface area contributed by atoms with E-state index in [0.29, 0.717) is 23.1 Å². The Hall–Kier alpha value is -1.76. The molecule has 0 unspecified atom stereocenters. The Morgan fingerprint density at radius 1 is 0.698 bits per heavy atom. The van der Waals surface area contributed by atoms with E-state index in [1.165, 1.54) is 6.42 Å². The molecule has 43 heavy (non-hydrogen) atoms. The molecule has 2 aromatic carbocycles. The summed E-state index contributed by atoms with van der Waals surface area (Å²) < 4.78 is 107. The maximum atomic E-state index is 14.3. The maximum Gasteiger partial charge on any atom is 0.446 e. The molecule has 0 saturated heterocycles. The molecule has 1 N–H and O–H groups in total.